The Morgan fingerprint density at radius 3 is 2.55 bits per heavy atom. The average molecular weight is 273 g/mol. The van der Waals surface area contributed by atoms with E-state index in [1.807, 2.05) is 18.2 Å². The monoisotopic (exact) mass is 273 g/mol. The Hall–Kier alpha value is -2.23. The minimum atomic E-state index is -0.292. The number of furan rings is 1. The summed E-state index contributed by atoms with van der Waals surface area (Å²) in [6.07, 6.45) is 1.47. The summed E-state index contributed by atoms with van der Waals surface area (Å²) in [5.74, 6) is 0.602. The number of carbonyl (C=O) groups excluding carboxylic acids is 1. The third-order valence-corrected chi connectivity index (χ3v) is 3.06. The highest BCUT2D eigenvalue weighted by molar-refractivity contribution is 6.03. The molecule has 0 spiro atoms. The van der Waals surface area contributed by atoms with Gasteiger partial charge in [-0.05, 0) is 35.2 Å². The molecular formula is C16H19NO3. The first-order valence-corrected chi connectivity index (χ1v) is 6.45. The second-order valence-electron chi connectivity index (χ2n) is 5.60. The van der Waals surface area contributed by atoms with Gasteiger partial charge in [-0.25, -0.2) is 0 Å². The van der Waals surface area contributed by atoms with Gasteiger partial charge in [-0.2, -0.15) is 0 Å². The first-order chi connectivity index (χ1) is 9.41. The van der Waals surface area contributed by atoms with Gasteiger partial charge in [0, 0.05) is 0 Å². The van der Waals surface area contributed by atoms with Crippen molar-refractivity contribution < 1.29 is 13.9 Å². The lowest BCUT2D eigenvalue weighted by Gasteiger charge is -2.21. The second-order valence-corrected chi connectivity index (χ2v) is 5.60. The minimum absolute atomic E-state index is 0.00354. The van der Waals surface area contributed by atoms with Gasteiger partial charge in [0.15, 0.2) is 5.76 Å². The molecule has 4 heteroatoms. The summed E-state index contributed by atoms with van der Waals surface area (Å²) in [4.78, 5) is 12.0. The fourth-order valence-electron chi connectivity index (χ4n) is 1.86. The van der Waals surface area contributed by atoms with E-state index in [1.165, 1.54) is 6.26 Å². The minimum Gasteiger partial charge on any atom is -0.495 e. The number of rotatable bonds is 3. The van der Waals surface area contributed by atoms with Crippen LogP contribution in [0, 0.1) is 0 Å². The zero-order chi connectivity index (χ0) is 14.8. The Morgan fingerprint density at radius 2 is 2.00 bits per heavy atom. The number of amides is 1. The highest BCUT2D eigenvalue weighted by Gasteiger charge is 2.18. The molecule has 4 nitrogen and oxygen atoms in total. The largest absolute Gasteiger partial charge is 0.495 e. The quantitative estimate of drug-likeness (QED) is 0.924. The van der Waals surface area contributed by atoms with Crippen molar-refractivity contribution in [2.75, 3.05) is 12.4 Å². The van der Waals surface area contributed by atoms with Gasteiger partial charge in [-0.1, -0.05) is 26.8 Å². The molecule has 1 aromatic heterocycles. The molecule has 1 amide bonds. The Bertz CT molecular complexity index is 595. The highest BCUT2D eigenvalue weighted by Crippen LogP contribution is 2.31. The summed E-state index contributed by atoms with van der Waals surface area (Å²) in [7, 11) is 1.58. The fourth-order valence-corrected chi connectivity index (χ4v) is 1.86. The average Bonchev–Trinajstić information content (AvgIpc) is 2.91. The van der Waals surface area contributed by atoms with Crippen LogP contribution in [-0.2, 0) is 5.41 Å². The van der Waals surface area contributed by atoms with Crippen molar-refractivity contribution in [2.24, 2.45) is 0 Å². The maximum Gasteiger partial charge on any atom is 0.291 e. The fraction of sp³-hybridized carbons (Fsp3) is 0.312. The maximum atomic E-state index is 12.0. The first-order valence-electron chi connectivity index (χ1n) is 6.45. The maximum absolute atomic E-state index is 12.0. The molecule has 0 aliphatic rings. The summed E-state index contributed by atoms with van der Waals surface area (Å²) in [5, 5.41) is 2.82. The van der Waals surface area contributed by atoms with Gasteiger partial charge in [0.25, 0.3) is 5.91 Å². The molecule has 0 saturated carbocycles. The third-order valence-electron chi connectivity index (χ3n) is 3.06. The van der Waals surface area contributed by atoms with Crippen LogP contribution in [0.2, 0.25) is 0 Å². The predicted octanol–water partition coefficient (Wildman–Crippen LogP) is 3.84. The zero-order valence-electron chi connectivity index (χ0n) is 12.2. The van der Waals surface area contributed by atoms with Crippen molar-refractivity contribution in [2.45, 2.75) is 26.2 Å². The molecule has 0 aliphatic carbocycles. The van der Waals surface area contributed by atoms with E-state index in [4.69, 9.17) is 9.15 Å². The number of ether oxygens (including phenoxy) is 1. The van der Waals surface area contributed by atoms with Gasteiger partial charge in [0.05, 0.1) is 19.1 Å². The van der Waals surface area contributed by atoms with Crippen LogP contribution in [-0.4, -0.2) is 13.0 Å². The number of benzene rings is 1. The molecular weight excluding hydrogens is 254 g/mol. The molecule has 0 fully saturated rings. The zero-order valence-corrected chi connectivity index (χ0v) is 12.2. The molecule has 0 radical (unpaired) electrons. The van der Waals surface area contributed by atoms with Crippen molar-refractivity contribution >= 4 is 11.6 Å². The van der Waals surface area contributed by atoms with Crippen LogP contribution in [0.4, 0.5) is 5.69 Å². The number of nitrogens with one attached hydrogen (secondary N) is 1. The van der Waals surface area contributed by atoms with E-state index >= 15 is 0 Å². The van der Waals surface area contributed by atoms with Crippen LogP contribution in [0.3, 0.4) is 0 Å². The molecule has 0 aliphatic heterocycles. The van der Waals surface area contributed by atoms with E-state index in [0.29, 0.717) is 11.4 Å². The summed E-state index contributed by atoms with van der Waals surface area (Å²) >= 11 is 0. The number of carbonyl (C=O) groups is 1. The van der Waals surface area contributed by atoms with E-state index in [9.17, 15) is 4.79 Å². The molecule has 0 unspecified atom stereocenters. The molecule has 1 heterocycles. The molecule has 20 heavy (non-hydrogen) atoms. The van der Waals surface area contributed by atoms with E-state index in [0.717, 1.165) is 5.56 Å². The Morgan fingerprint density at radius 1 is 1.25 bits per heavy atom. The number of methoxy groups -OCH3 is 1. The SMILES string of the molecule is COc1ccc(C(C)(C)C)cc1NC(=O)c1ccco1. The van der Waals surface area contributed by atoms with E-state index in [-0.39, 0.29) is 17.1 Å². The van der Waals surface area contributed by atoms with Gasteiger partial charge in [0.1, 0.15) is 5.75 Å². The number of hydrogen-bond donors (Lipinski definition) is 1. The van der Waals surface area contributed by atoms with Crippen LogP contribution >= 0.6 is 0 Å². The Labute approximate surface area is 118 Å². The van der Waals surface area contributed by atoms with Crippen molar-refractivity contribution in [1.82, 2.24) is 0 Å². The van der Waals surface area contributed by atoms with Gasteiger partial charge in [-0.15, -0.1) is 0 Å². The van der Waals surface area contributed by atoms with E-state index in [2.05, 4.69) is 26.1 Å². The Balaban J connectivity index is 2.32. The molecule has 0 atom stereocenters. The molecule has 0 bridgehead atoms. The summed E-state index contributed by atoms with van der Waals surface area (Å²) in [5.41, 5.74) is 1.76. The van der Waals surface area contributed by atoms with Gasteiger partial charge >= 0.3 is 0 Å². The number of anilines is 1. The van der Waals surface area contributed by atoms with Crippen molar-refractivity contribution in [3.8, 4) is 5.75 Å². The molecule has 2 rings (SSSR count). The smallest absolute Gasteiger partial charge is 0.291 e. The lowest BCUT2D eigenvalue weighted by molar-refractivity contribution is 0.0996. The van der Waals surface area contributed by atoms with Crippen LogP contribution < -0.4 is 10.1 Å². The summed E-state index contributed by atoms with van der Waals surface area (Å²) in [6.45, 7) is 6.35. The highest BCUT2D eigenvalue weighted by atomic mass is 16.5. The van der Waals surface area contributed by atoms with Crippen molar-refractivity contribution in [3.05, 3.63) is 47.9 Å². The lowest BCUT2D eigenvalue weighted by atomic mass is 9.87. The molecule has 1 aromatic carbocycles. The van der Waals surface area contributed by atoms with Crippen LogP contribution in [0.25, 0.3) is 0 Å². The molecule has 106 valence electrons. The van der Waals surface area contributed by atoms with Crippen molar-refractivity contribution in [1.29, 1.82) is 0 Å². The standard InChI is InChI=1S/C16H19NO3/c1-16(2,3)11-7-8-13(19-4)12(10-11)17-15(18)14-6-5-9-20-14/h5-10H,1-4H3,(H,17,18). The van der Waals surface area contributed by atoms with E-state index in [1.54, 1.807) is 19.2 Å². The van der Waals surface area contributed by atoms with Crippen molar-refractivity contribution in [3.63, 3.8) is 0 Å². The van der Waals surface area contributed by atoms with Crippen LogP contribution in [0.5, 0.6) is 5.75 Å². The summed E-state index contributed by atoms with van der Waals surface area (Å²) < 4.78 is 10.4. The normalized spacial score (nSPS) is 11.2. The van der Waals surface area contributed by atoms with E-state index < -0.39 is 0 Å². The molecule has 1 N–H and O–H groups in total. The third kappa shape index (κ3) is 3.02. The summed E-state index contributed by atoms with van der Waals surface area (Å²) in [6, 6.07) is 9.09. The predicted molar refractivity (Wildman–Crippen MR) is 78.4 cm³/mol. The van der Waals surface area contributed by atoms with Gasteiger partial charge in [-0.3, -0.25) is 4.79 Å². The topological polar surface area (TPSA) is 51.5 Å². The molecule has 0 saturated heterocycles. The van der Waals surface area contributed by atoms with Crippen LogP contribution in [0.1, 0.15) is 36.9 Å². The Kier molecular flexibility index (Phi) is 3.84. The second kappa shape index (κ2) is 5.41. The number of hydrogen-bond acceptors (Lipinski definition) is 3. The first kappa shape index (κ1) is 14.2. The van der Waals surface area contributed by atoms with Gasteiger partial charge in [0.2, 0.25) is 0 Å². The molecule has 2 aromatic rings. The lowest BCUT2D eigenvalue weighted by Crippen LogP contribution is -2.15. The van der Waals surface area contributed by atoms with Crippen LogP contribution in [0.15, 0.2) is 41.0 Å². The van der Waals surface area contributed by atoms with Gasteiger partial charge < -0.3 is 14.5 Å².